The molecule has 1 saturated carbocycles. The highest BCUT2D eigenvalue weighted by Gasteiger charge is 2.58. The van der Waals surface area contributed by atoms with Crippen LogP contribution in [0.5, 0.6) is 0 Å². The maximum absolute atomic E-state index is 11.9. The Balaban J connectivity index is 1.56. The molecule has 0 radical (unpaired) electrons. The second-order valence-electron chi connectivity index (χ2n) is 9.59. The molecule has 0 spiro atoms. The Morgan fingerprint density at radius 1 is 1.18 bits per heavy atom. The van der Waals surface area contributed by atoms with Crippen LogP contribution in [0.25, 0.3) is 11.4 Å². The number of halogens is 1. The standard InChI is InChI=1S/C27H32ClN5O4S/c1-3-29-26(34)30-20-10-8-19(9-11-20)25-31-23(16-24(32-25)33-14-15-37-17-18(33)2)27(12-13-27)38(35,36)22-7-5-4-6-21(22)28/h4-11,16,18,35-36H,3,12-15,17H2,1-2H3,(H2,29,30,34)/t18-/m0/s1. The predicted octanol–water partition coefficient (Wildman–Crippen LogP) is 5.96. The summed E-state index contributed by atoms with van der Waals surface area (Å²) >= 11 is 6.41. The van der Waals surface area contributed by atoms with Crippen molar-refractivity contribution < 1.29 is 18.6 Å². The molecule has 1 saturated heterocycles. The second kappa shape index (κ2) is 10.7. The number of anilines is 2. The molecule has 5 rings (SSSR count). The number of aromatic nitrogens is 2. The molecule has 2 fully saturated rings. The minimum absolute atomic E-state index is 0.0992. The van der Waals surface area contributed by atoms with Crippen molar-refractivity contribution in [2.45, 2.75) is 42.4 Å². The summed E-state index contributed by atoms with van der Waals surface area (Å²) in [5.74, 6) is 1.19. The SMILES string of the molecule is CCNC(=O)Nc1ccc(-c2nc(N3CCOC[C@@H]3C)cc(C3(S(O)(O)c4ccccc4Cl)CC3)n2)cc1. The van der Waals surface area contributed by atoms with Gasteiger partial charge in [-0.05, 0) is 63.1 Å². The van der Waals surface area contributed by atoms with Gasteiger partial charge in [0.05, 0.1) is 34.9 Å². The summed E-state index contributed by atoms with van der Waals surface area (Å²) in [7, 11) is -3.32. The molecule has 2 aromatic carbocycles. The fraction of sp³-hybridized carbons (Fsp3) is 0.370. The molecule has 0 unspecified atom stereocenters. The molecule has 2 aliphatic rings. The van der Waals surface area contributed by atoms with Crippen LogP contribution < -0.4 is 15.5 Å². The van der Waals surface area contributed by atoms with Crippen LogP contribution in [-0.4, -0.2) is 57.4 Å². The zero-order valence-electron chi connectivity index (χ0n) is 21.4. The molecule has 1 aromatic heterocycles. The predicted molar refractivity (Wildman–Crippen MR) is 151 cm³/mol. The highest BCUT2D eigenvalue weighted by molar-refractivity contribution is 8.25. The smallest absolute Gasteiger partial charge is 0.319 e. The Kier molecular flexibility index (Phi) is 7.52. The maximum Gasteiger partial charge on any atom is 0.319 e. The number of carbonyl (C=O) groups is 1. The third kappa shape index (κ3) is 5.06. The van der Waals surface area contributed by atoms with Gasteiger partial charge in [-0.1, -0.05) is 23.7 Å². The van der Waals surface area contributed by atoms with Gasteiger partial charge in [0.25, 0.3) is 0 Å². The van der Waals surface area contributed by atoms with E-state index in [-0.39, 0.29) is 12.1 Å². The van der Waals surface area contributed by atoms with Crippen molar-refractivity contribution in [3.05, 3.63) is 65.3 Å². The quantitative estimate of drug-likeness (QED) is 0.283. The average Bonchev–Trinajstić information content (AvgIpc) is 3.72. The van der Waals surface area contributed by atoms with Crippen molar-refractivity contribution in [2.75, 3.05) is 36.5 Å². The Bertz CT molecular complexity index is 1320. The van der Waals surface area contributed by atoms with E-state index in [1.807, 2.05) is 25.1 Å². The first kappa shape index (κ1) is 26.7. The summed E-state index contributed by atoms with van der Waals surface area (Å²) in [5, 5.41) is 5.82. The molecule has 2 amide bonds. The van der Waals surface area contributed by atoms with Gasteiger partial charge >= 0.3 is 6.03 Å². The van der Waals surface area contributed by atoms with Crippen LogP contribution >= 0.6 is 22.2 Å². The van der Waals surface area contributed by atoms with Crippen molar-refractivity contribution in [1.82, 2.24) is 15.3 Å². The topological polar surface area (TPSA) is 120 Å². The number of hydrogen-bond donors (Lipinski definition) is 4. The Morgan fingerprint density at radius 3 is 2.58 bits per heavy atom. The van der Waals surface area contributed by atoms with Crippen LogP contribution in [0.15, 0.2) is 59.5 Å². The summed E-state index contributed by atoms with van der Waals surface area (Å²) in [5.41, 5.74) is 1.98. The van der Waals surface area contributed by atoms with Crippen molar-refractivity contribution in [3.8, 4) is 11.4 Å². The van der Waals surface area contributed by atoms with E-state index in [1.54, 1.807) is 36.4 Å². The number of ether oxygens (including phenoxy) is 1. The Hall–Kier alpha value is -2.89. The molecule has 11 heteroatoms. The van der Waals surface area contributed by atoms with Gasteiger partial charge in [0.1, 0.15) is 10.6 Å². The van der Waals surface area contributed by atoms with Crippen LogP contribution in [0, 0.1) is 0 Å². The molecule has 9 nitrogen and oxygen atoms in total. The largest absolute Gasteiger partial charge is 0.377 e. The van der Waals surface area contributed by atoms with E-state index in [0.29, 0.717) is 72.1 Å². The van der Waals surface area contributed by atoms with Crippen LogP contribution in [0.4, 0.5) is 16.3 Å². The van der Waals surface area contributed by atoms with E-state index in [2.05, 4.69) is 22.5 Å². The number of nitrogens with zero attached hydrogens (tertiary/aromatic N) is 3. The van der Waals surface area contributed by atoms with Gasteiger partial charge < -0.3 is 20.3 Å². The van der Waals surface area contributed by atoms with Crippen molar-refractivity contribution in [2.24, 2.45) is 0 Å². The lowest BCUT2D eigenvalue weighted by Gasteiger charge is -2.41. The number of hydrogen-bond acceptors (Lipinski definition) is 7. The molecule has 0 bridgehead atoms. The number of benzene rings is 2. The first-order valence-corrected chi connectivity index (χ1v) is 14.6. The molecule has 2 heterocycles. The van der Waals surface area contributed by atoms with E-state index >= 15 is 0 Å². The molecule has 1 aliphatic carbocycles. The zero-order chi connectivity index (χ0) is 26.9. The van der Waals surface area contributed by atoms with Gasteiger partial charge in [-0.15, -0.1) is 0 Å². The monoisotopic (exact) mass is 557 g/mol. The zero-order valence-corrected chi connectivity index (χ0v) is 22.9. The van der Waals surface area contributed by atoms with Crippen LogP contribution in [0.3, 0.4) is 0 Å². The fourth-order valence-corrected chi connectivity index (χ4v) is 7.29. The maximum atomic E-state index is 11.9. The lowest BCUT2D eigenvalue weighted by Crippen LogP contribution is -2.44. The van der Waals surface area contributed by atoms with Gasteiger partial charge in [0.2, 0.25) is 0 Å². The Morgan fingerprint density at radius 2 is 1.92 bits per heavy atom. The van der Waals surface area contributed by atoms with Crippen LogP contribution in [-0.2, 0) is 9.48 Å². The van der Waals surface area contributed by atoms with Crippen molar-refractivity contribution >= 4 is 39.7 Å². The molecular weight excluding hydrogens is 526 g/mol. The minimum Gasteiger partial charge on any atom is -0.377 e. The highest BCUT2D eigenvalue weighted by Crippen LogP contribution is 2.75. The molecule has 202 valence electrons. The first-order valence-electron chi connectivity index (χ1n) is 12.7. The summed E-state index contributed by atoms with van der Waals surface area (Å²) in [6.07, 6.45) is 1.15. The molecule has 1 aliphatic heterocycles. The van der Waals surface area contributed by atoms with E-state index in [4.69, 9.17) is 26.3 Å². The van der Waals surface area contributed by atoms with Crippen molar-refractivity contribution in [1.29, 1.82) is 0 Å². The molecule has 38 heavy (non-hydrogen) atoms. The van der Waals surface area contributed by atoms with E-state index in [0.717, 1.165) is 5.56 Å². The van der Waals surface area contributed by atoms with E-state index < -0.39 is 15.3 Å². The molecule has 3 aromatic rings. The minimum atomic E-state index is -3.32. The third-order valence-electron chi connectivity index (χ3n) is 6.97. The fourth-order valence-electron chi connectivity index (χ4n) is 4.74. The second-order valence-corrected chi connectivity index (χ2v) is 12.3. The third-order valence-corrected chi connectivity index (χ3v) is 10.1. The number of urea groups is 1. The van der Waals surface area contributed by atoms with E-state index in [1.165, 1.54) is 0 Å². The van der Waals surface area contributed by atoms with Crippen LogP contribution in [0.1, 0.15) is 32.4 Å². The number of carbonyl (C=O) groups excluding carboxylic acids is 1. The Labute approximate surface area is 228 Å². The normalized spacial score (nSPS) is 19.1. The molecule has 1 atom stereocenters. The van der Waals surface area contributed by atoms with Gasteiger partial charge in [-0.2, -0.15) is 10.6 Å². The first-order chi connectivity index (χ1) is 18.2. The van der Waals surface area contributed by atoms with Gasteiger partial charge in [-0.25, -0.2) is 14.8 Å². The van der Waals surface area contributed by atoms with E-state index in [9.17, 15) is 13.9 Å². The number of amides is 2. The molecular formula is C27H32ClN5O4S. The van der Waals surface area contributed by atoms with Crippen molar-refractivity contribution in [3.63, 3.8) is 0 Å². The lowest BCUT2D eigenvalue weighted by atomic mass is 10.1. The summed E-state index contributed by atoms with van der Waals surface area (Å²) in [6.45, 7) is 6.29. The summed E-state index contributed by atoms with van der Waals surface area (Å²) < 4.78 is 27.9. The van der Waals surface area contributed by atoms with Gasteiger partial charge in [-0.3, -0.25) is 9.11 Å². The summed E-state index contributed by atoms with van der Waals surface area (Å²) in [6, 6.07) is 15.9. The van der Waals surface area contributed by atoms with Gasteiger partial charge in [0, 0.05) is 30.4 Å². The molecule has 4 N–H and O–H groups in total. The number of rotatable bonds is 7. The lowest BCUT2D eigenvalue weighted by molar-refractivity contribution is 0.0985. The van der Waals surface area contributed by atoms with Crippen LogP contribution in [0.2, 0.25) is 5.02 Å². The number of morpholine rings is 1. The summed E-state index contributed by atoms with van der Waals surface area (Å²) in [4.78, 5) is 24.2. The average molecular weight is 558 g/mol. The highest BCUT2D eigenvalue weighted by atomic mass is 35.5. The van der Waals surface area contributed by atoms with Gasteiger partial charge in [0.15, 0.2) is 5.82 Å². The number of nitrogens with one attached hydrogen (secondary N) is 2.